The molecule has 0 fully saturated rings. The molecule has 13 heteroatoms. The monoisotopic (exact) mass is 608 g/mol. The van der Waals surface area contributed by atoms with Crippen LogP contribution >= 0.6 is 34.0 Å². The highest BCUT2D eigenvalue weighted by molar-refractivity contribution is 7.13. The lowest BCUT2D eigenvalue weighted by Crippen LogP contribution is -2.13. The molecule has 2 aromatic carbocycles. The van der Waals surface area contributed by atoms with Crippen LogP contribution in [-0.2, 0) is 0 Å². The van der Waals surface area contributed by atoms with Crippen molar-refractivity contribution >= 4 is 34.0 Å². The third-order valence-electron chi connectivity index (χ3n) is 5.94. The predicted molar refractivity (Wildman–Crippen MR) is 127 cm³/mol. The third kappa shape index (κ3) is 4.45. The summed E-state index contributed by atoms with van der Waals surface area (Å²) in [6.07, 6.45) is 0. The van der Waals surface area contributed by atoms with Gasteiger partial charge in [-0.05, 0) is 35.0 Å². The number of halogens is 10. The van der Waals surface area contributed by atoms with Crippen molar-refractivity contribution in [1.82, 2.24) is 0 Å². The average Bonchev–Trinajstić information content (AvgIpc) is 3.72. The lowest BCUT2D eigenvalue weighted by Gasteiger charge is -2.19. The smallest absolute Gasteiger partial charge is 0.200 e. The van der Waals surface area contributed by atoms with Crippen molar-refractivity contribution in [2.75, 3.05) is 0 Å². The standard InChI is InChI=1S/C26H10F10S3/c27-17-15(18(28)22(32)25(35)21(17)31)13(9-3-1-7-37-9)11-5-6-12(39-11)14(10-4-2-8-38-10)16-19(29)23(33)26(36)24(34)20(16)30/h1-8,13-14H. The largest absolute Gasteiger partial charge is 0.203 e. The predicted octanol–water partition coefficient (Wildman–Crippen LogP) is 9.62. The second-order valence-electron chi connectivity index (χ2n) is 8.10. The van der Waals surface area contributed by atoms with E-state index in [1.54, 1.807) is 0 Å². The summed E-state index contributed by atoms with van der Waals surface area (Å²) in [5.74, 6) is -24.6. The van der Waals surface area contributed by atoms with Gasteiger partial charge in [-0.2, -0.15) is 0 Å². The zero-order valence-corrected chi connectivity index (χ0v) is 21.2. The molecular weight excluding hydrogens is 598 g/mol. The van der Waals surface area contributed by atoms with Gasteiger partial charge in [-0.3, -0.25) is 0 Å². The summed E-state index contributed by atoms with van der Waals surface area (Å²) in [7, 11) is 0. The maximum absolute atomic E-state index is 14.9. The number of hydrogen-bond donors (Lipinski definition) is 0. The molecule has 0 radical (unpaired) electrons. The molecule has 39 heavy (non-hydrogen) atoms. The van der Waals surface area contributed by atoms with Crippen LogP contribution in [-0.4, -0.2) is 0 Å². The molecule has 202 valence electrons. The van der Waals surface area contributed by atoms with Gasteiger partial charge in [0.15, 0.2) is 46.5 Å². The molecule has 5 aromatic rings. The Labute approximate surface area is 225 Å². The van der Waals surface area contributed by atoms with Crippen molar-refractivity contribution < 1.29 is 43.9 Å². The van der Waals surface area contributed by atoms with E-state index in [0.29, 0.717) is 11.3 Å². The molecule has 0 aliphatic heterocycles. The Bertz CT molecular complexity index is 1490. The minimum Gasteiger partial charge on any atom is -0.203 e. The van der Waals surface area contributed by atoms with Gasteiger partial charge in [0.25, 0.3) is 0 Å². The van der Waals surface area contributed by atoms with Gasteiger partial charge in [0, 0.05) is 30.6 Å². The second-order valence-corrected chi connectivity index (χ2v) is 11.2. The van der Waals surface area contributed by atoms with Crippen LogP contribution in [0.25, 0.3) is 0 Å². The molecule has 0 amide bonds. The quantitative estimate of drug-likeness (QED) is 0.102. The van der Waals surface area contributed by atoms with E-state index in [1.807, 2.05) is 0 Å². The maximum Gasteiger partial charge on any atom is 0.200 e. The maximum atomic E-state index is 14.9. The van der Waals surface area contributed by atoms with Gasteiger partial charge in [0.1, 0.15) is 0 Å². The summed E-state index contributed by atoms with van der Waals surface area (Å²) in [6.45, 7) is 0. The molecule has 0 saturated carbocycles. The lowest BCUT2D eigenvalue weighted by molar-refractivity contribution is 0.369. The van der Waals surface area contributed by atoms with Gasteiger partial charge in [-0.25, -0.2) is 43.9 Å². The number of rotatable bonds is 6. The molecule has 0 aliphatic carbocycles. The SMILES string of the molecule is Fc1c(F)c(F)c(C(c2cccs2)c2ccc(C(c3cccs3)c3c(F)c(F)c(F)c(F)c3F)s2)c(F)c1F. The van der Waals surface area contributed by atoms with Crippen LogP contribution in [0.1, 0.15) is 42.5 Å². The molecule has 0 spiro atoms. The first-order valence-electron chi connectivity index (χ1n) is 10.7. The summed E-state index contributed by atoms with van der Waals surface area (Å²) >= 11 is 2.58. The first-order valence-corrected chi connectivity index (χ1v) is 13.3. The van der Waals surface area contributed by atoms with E-state index in [9.17, 15) is 43.9 Å². The highest BCUT2D eigenvalue weighted by Gasteiger charge is 2.36. The fourth-order valence-corrected chi connectivity index (χ4v) is 7.31. The number of hydrogen-bond acceptors (Lipinski definition) is 3. The summed E-state index contributed by atoms with van der Waals surface area (Å²) in [5.41, 5.74) is -2.29. The molecule has 2 unspecified atom stereocenters. The average molecular weight is 609 g/mol. The van der Waals surface area contributed by atoms with Crippen molar-refractivity contribution in [3.63, 3.8) is 0 Å². The lowest BCUT2D eigenvalue weighted by atomic mass is 9.92. The summed E-state index contributed by atoms with van der Waals surface area (Å²) in [4.78, 5) is 0.355. The van der Waals surface area contributed by atoms with E-state index in [2.05, 4.69) is 0 Å². The van der Waals surface area contributed by atoms with E-state index in [4.69, 9.17) is 0 Å². The van der Waals surface area contributed by atoms with Gasteiger partial charge in [-0.15, -0.1) is 34.0 Å². The highest BCUT2D eigenvalue weighted by atomic mass is 32.1. The van der Waals surface area contributed by atoms with Gasteiger partial charge >= 0.3 is 0 Å². The van der Waals surface area contributed by atoms with Crippen molar-refractivity contribution in [3.05, 3.63) is 136 Å². The van der Waals surface area contributed by atoms with E-state index < -0.39 is 81.1 Å². The molecule has 0 aliphatic rings. The van der Waals surface area contributed by atoms with Crippen LogP contribution in [0.4, 0.5) is 43.9 Å². The Morgan fingerprint density at radius 2 is 0.692 bits per heavy atom. The first-order chi connectivity index (χ1) is 18.5. The van der Waals surface area contributed by atoms with Gasteiger partial charge < -0.3 is 0 Å². The van der Waals surface area contributed by atoms with E-state index in [1.165, 1.54) is 47.2 Å². The third-order valence-corrected chi connectivity index (χ3v) is 9.03. The van der Waals surface area contributed by atoms with Crippen molar-refractivity contribution in [1.29, 1.82) is 0 Å². The number of thiophene rings is 3. The summed E-state index contributed by atoms with van der Waals surface area (Å²) < 4.78 is 144. The molecule has 0 saturated heterocycles. The topological polar surface area (TPSA) is 0 Å². The second kappa shape index (κ2) is 10.4. The fourth-order valence-electron chi connectivity index (χ4n) is 4.19. The van der Waals surface area contributed by atoms with Crippen LogP contribution in [0.3, 0.4) is 0 Å². The molecule has 0 N–H and O–H groups in total. The fraction of sp³-hybridized carbons (Fsp3) is 0.0769. The van der Waals surface area contributed by atoms with E-state index >= 15 is 0 Å². The van der Waals surface area contributed by atoms with E-state index in [-0.39, 0.29) is 19.5 Å². The van der Waals surface area contributed by atoms with Crippen LogP contribution in [0.15, 0.2) is 47.2 Å². The highest BCUT2D eigenvalue weighted by Crippen LogP contribution is 2.46. The molecule has 0 nitrogen and oxygen atoms in total. The van der Waals surface area contributed by atoms with Crippen molar-refractivity contribution in [2.45, 2.75) is 11.8 Å². The van der Waals surface area contributed by atoms with Gasteiger partial charge in [0.2, 0.25) is 11.6 Å². The molecule has 5 rings (SSSR count). The number of benzene rings is 2. The Kier molecular flexibility index (Phi) is 7.33. The van der Waals surface area contributed by atoms with Crippen LogP contribution in [0.2, 0.25) is 0 Å². The Hall–Kier alpha value is -3.16. The summed E-state index contributed by atoms with van der Waals surface area (Å²) in [5, 5.41) is 3.01. The zero-order chi connectivity index (χ0) is 28.2. The van der Waals surface area contributed by atoms with Crippen LogP contribution in [0, 0.1) is 58.2 Å². The van der Waals surface area contributed by atoms with Crippen LogP contribution in [0.5, 0.6) is 0 Å². The molecular formula is C26H10F10S3. The summed E-state index contributed by atoms with van der Waals surface area (Å²) in [6, 6.07) is 8.25. The molecule has 3 heterocycles. The minimum atomic E-state index is -2.34. The molecule has 3 aromatic heterocycles. The molecule has 2 atom stereocenters. The normalized spacial score (nSPS) is 13.2. The van der Waals surface area contributed by atoms with Gasteiger partial charge in [-0.1, -0.05) is 12.1 Å². The molecule has 0 bridgehead atoms. The Morgan fingerprint density at radius 3 is 0.974 bits per heavy atom. The first kappa shape index (κ1) is 27.4. The van der Waals surface area contributed by atoms with E-state index in [0.717, 1.165) is 22.7 Å². The Morgan fingerprint density at radius 1 is 0.385 bits per heavy atom. The zero-order valence-electron chi connectivity index (χ0n) is 18.8. The van der Waals surface area contributed by atoms with Gasteiger partial charge in [0.05, 0.1) is 11.8 Å². The minimum absolute atomic E-state index is 0.00101. The Balaban J connectivity index is 1.74. The van der Waals surface area contributed by atoms with Crippen molar-refractivity contribution in [2.24, 2.45) is 0 Å². The van der Waals surface area contributed by atoms with Crippen molar-refractivity contribution in [3.8, 4) is 0 Å². The van der Waals surface area contributed by atoms with Crippen LogP contribution < -0.4 is 0 Å².